The van der Waals surface area contributed by atoms with Crippen LogP contribution in [0.15, 0.2) is 24.3 Å². The number of carbonyl (C=O) groups is 4. The highest BCUT2D eigenvalue weighted by molar-refractivity contribution is 5.99. The van der Waals surface area contributed by atoms with E-state index in [9.17, 15) is 19.2 Å². The molecule has 0 heterocycles. The molecule has 1 rings (SSSR count). The zero-order chi connectivity index (χ0) is 13.7. The molecule has 0 saturated carbocycles. The second-order valence-corrected chi connectivity index (χ2v) is 2.89. The van der Waals surface area contributed by atoms with Crippen molar-refractivity contribution in [2.75, 3.05) is 0 Å². The van der Waals surface area contributed by atoms with Gasteiger partial charge in [0.05, 0.1) is 11.1 Å². The molecule has 94 valence electrons. The fraction of sp³-hybridized carbons (Fsp3) is 0. The van der Waals surface area contributed by atoms with Crippen molar-refractivity contribution in [2.45, 2.75) is 0 Å². The summed E-state index contributed by atoms with van der Waals surface area (Å²) in [7, 11) is 0. The van der Waals surface area contributed by atoms with E-state index < -0.39 is 24.2 Å². The number of carboxylic acid groups (broad SMARTS) is 2. The summed E-state index contributed by atoms with van der Waals surface area (Å²) in [6, 6.07) is 4.60. The van der Waals surface area contributed by atoms with Gasteiger partial charge in [-0.25, -0.2) is 19.2 Å². The Hall–Kier alpha value is -2.90. The Bertz CT molecular complexity index is 475. The van der Waals surface area contributed by atoms with Crippen molar-refractivity contribution in [3.05, 3.63) is 35.4 Å². The molecule has 0 unspecified atom stereocenters. The Morgan fingerprint density at radius 2 is 1.22 bits per heavy atom. The lowest BCUT2D eigenvalue weighted by molar-refractivity contribution is 0.0500. The molecule has 18 heavy (non-hydrogen) atoms. The van der Waals surface area contributed by atoms with Gasteiger partial charge in [-0.05, 0) is 18.2 Å². The van der Waals surface area contributed by atoms with Crippen molar-refractivity contribution < 1.29 is 38.9 Å². The van der Waals surface area contributed by atoms with Crippen LogP contribution in [0.3, 0.4) is 0 Å². The molecular weight excluding hydrogens is 248 g/mol. The van der Waals surface area contributed by atoms with Crippen molar-refractivity contribution >= 4 is 24.2 Å². The van der Waals surface area contributed by atoms with Gasteiger partial charge in [-0.1, -0.05) is 6.07 Å². The van der Waals surface area contributed by atoms with Gasteiger partial charge in [0.15, 0.2) is 0 Å². The van der Waals surface area contributed by atoms with E-state index in [1.54, 1.807) is 0 Å². The maximum absolute atomic E-state index is 11.2. The molecule has 8 nitrogen and oxygen atoms in total. The van der Waals surface area contributed by atoms with Crippen LogP contribution in [0.2, 0.25) is 0 Å². The Morgan fingerprint density at radius 3 is 1.56 bits per heavy atom. The van der Waals surface area contributed by atoms with E-state index in [2.05, 4.69) is 9.47 Å². The molecule has 0 spiro atoms. The summed E-state index contributed by atoms with van der Waals surface area (Å²) in [5.41, 5.74) is -0.450. The Morgan fingerprint density at radius 1 is 0.833 bits per heavy atom. The number of ether oxygens (including phenoxy) is 2. The minimum Gasteiger partial charge on any atom is -0.449 e. The Labute approximate surface area is 99.4 Å². The highest BCUT2D eigenvalue weighted by Crippen LogP contribution is 2.08. The molecule has 0 radical (unpaired) electrons. The fourth-order valence-electron chi connectivity index (χ4n) is 1.05. The first-order valence-corrected chi connectivity index (χ1v) is 4.40. The molecule has 1 aromatic rings. The van der Waals surface area contributed by atoms with Crippen LogP contribution < -0.4 is 0 Å². The van der Waals surface area contributed by atoms with Gasteiger partial charge in [0.25, 0.3) is 0 Å². The lowest BCUT2D eigenvalue weighted by atomic mass is 10.1. The Balaban J connectivity index is 2.92. The van der Waals surface area contributed by atoms with Crippen LogP contribution in [0.4, 0.5) is 9.59 Å². The topological polar surface area (TPSA) is 127 Å². The predicted octanol–water partition coefficient (Wildman–Crippen LogP) is 1.36. The third-order valence-corrected chi connectivity index (χ3v) is 1.69. The SMILES string of the molecule is O=C(O)OC(=O)c1cccc(C(=O)OC(=O)O)c1. The highest BCUT2D eigenvalue weighted by atomic mass is 16.7. The van der Waals surface area contributed by atoms with Gasteiger partial charge in [-0.3, -0.25) is 0 Å². The van der Waals surface area contributed by atoms with Crippen molar-refractivity contribution in [1.82, 2.24) is 0 Å². The zero-order valence-corrected chi connectivity index (χ0v) is 8.65. The van der Waals surface area contributed by atoms with Crippen LogP contribution in [-0.2, 0) is 9.47 Å². The van der Waals surface area contributed by atoms with Gasteiger partial charge in [0, 0.05) is 0 Å². The third-order valence-electron chi connectivity index (χ3n) is 1.69. The number of hydrogen-bond donors (Lipinski definition) is 2. The molecule has 1 aromatic carbocycles. The van der Waals surface area contributed by atoms with Gasteiger partial charge in [-0.15, -0.1) is 0 Å². The quantitative estimate of drug-likeness (QED) is 0.598. The maximum Gasteiger partial charge on any atom is 0.513 e. The second kappa shape index (κ2) is 5.43. The normalized spacial score (nSPS) is 9.33. The number of carbonyl (C=O) groups excluding carboxylic acids is 2. The highest BCUT2D eigenvalue weighted by Gasteiger charge is 2.16. The van der Waals surface area contributed by atoms with E-state index in [4.69, 9.17) is 10.2 Å². The van der Waals surface area contributed by atoms with E-state index in [-0.39, 0.29) is 11.1 Å². The fourth-order valence-corrected chi connectivity index (χ4v) is 1.05. The van der Waals surface area contributed by atoms with Crippen LogP contribution in [0.25, 0.3) is 0 Å². The lowest BCUT2D eigenvalue weighted by Crippen LogP contribution is -2.13. The van der Waals surface area contributed by atoms with Gasteiger partial charge >= 0.3 is 24.2 Å². The molecule has 0 aromatic heterocycles. The Kier molecular flexibility index (Phi) is 3.98. The molecule has 2 N–H and O–H groups in total. The standard InChI is InChI=1S/C10H6O8/c11-7(17-9(13)14)5-2-1-3-6(4-5)8(12)18-10(15)16/h1-4H,(H,13,14)(H,15,16). The number of esters is 2. The van der Waals surface area contributed by atoms with E-state index in [0.717, 1.165) is 6.07 Å². The van der Waals surface area contributed by atoms with Crippen molar-refractivity contribution in [3.63, 3.8) is 0 Å². The summed E-state index contributed by atoms with van der Waals surface area (Å²) < 4.78 is 7.72. The summed E-state index contributed by atoms with van der Waals surface area (Å²) in [6.45, 7) is 0. The molecule has 0 fully saturated rings. The molecule has 0 saturated heterocycles. The minimum atomic E-state index is -1.79. The number of rotatable bonds is 2. The molecule has 0 atom stereocenters. The summed E-state index contributed by atoms with van der Waals surface area (Å²) in [5, 5.41) is 16.5. The summed E-state index contributed by atoms with van der Waals surface area (Å²) in [6.07, 6.45) is -3.59. The first-order chi connectivity index (χ1) is 8.40. The van der Waals surface area contributed by atoms with Crippen LogP contribution in [0.1, 0.15) is 20.7 Å². The smallest absolute Gasteiger partial charge is 0.449 e. The summed E-state index contributed by atoms with van der Waals surface area (Å²) >= 11 is 0. The lowest BCUT2D eigenvalue weighted by Gasteiger charge is -2.02. The molecule has 0 aliphatic carbocycles. The molecule has 0 aliphatic heterocycles. The number of benzene rings is 1. The zero-order valence-electron chi connectivity index (χ0n) is 8.65. The molecule has 0 aliphatic rings. The van der Waals surface area contributed by atoms with Gasteiger partial charge < -0.3 is 19.7 Å². The first-order valence-electron chi connectivity index (χ1n) is 4.40. The van der Waals surface area contributed by atoms with Crippen molar-refractivity contribution in [3.8, 4) is 0 Å². The maximum atomic E-state index is 11.2. The summed E-state index contributed by atoms with van der Waals surface area (Å²) in [5.74, 6) is -2.38. The number of hydrogen-bond acceptors (Lipinski definition) is 6. The van der Waals surface area contributed by atoms with Crippen LogP contribution in [0.5, 0.6) is 0 Å². The third kappa shape index (κ3) is 3.59. The average molecular weight is 254 g/mol. The monoisotopic (exact) mass is 254 g/mol. The van der Waals surface area contributed by atoms with E-state index in [1.165, 1.54) is 18.2 Å². The van der Waals surface area contributed by atoms with Crippen molar-refractivity contribution in [1.29, 1.82) is 0 Å². The van der Waals surface area contributed by atoms with Gasteiger partial charge in [-0.2, -0.15) is 0 Å². The average Bonchev–Trinajstić information content (AvgIpc) is 2.27. The van der Waals surface area contributed by atoms with E-state index >= 15 is 0 Å². The van der Waals surface area contributed by atoms with Crippen LogP contribution in [0, 0.1) is 0 Å². The van der Waals surface area contributed by atoms with Gasteiger partial charge in [0.2, 0.25) is 0 Å². The molecule has 8 heteroatoms. The molecule has 0 amide bonds. The molecular formula is C10H6O8. The summed E-state index contributed by atoms with van der Waals surface area (Å²) in [4.78, 5) is 42.6. The predicted molar refractivity (Wildman–Crippen MR) is 53.3 cm³/mol. The minimum absolute atomic E-state index is 0.225. The van der Waals surface area contributed by atoms with Gasteiger partial charge in [0.1, 0.15) is 0 Å². The first kappa shape index (κ1) is 13.2. The largest absolute Gasteiger partial charge is 0.513 e. The van der Waals surface area contributed by atoms with E-state index in [0.29, 0.717) is 0 Å². The van der Waals surface area contributed by atoms with Crippen molar-refractivity contribution in [2.24, 2.45) is 0 Å². The molecule has 0 bridgehead atoms. The van der Waals surface area contributed by atoms with E-state index in [1.807, 2.05) is 0 Å². The van der Waals surface area contributed by atoms with Crippen LogP contribution >= 0.6 is 0 Å². The second-order valence-electron chi connectivity index (χ2n) is 2.89. The van der Waals surface area contributed by atoms with Crippen LogP contribution in [-0.4, -0.2) is 34.5 Å².